The second kappa shape index (κ2) is 12.9. The van der Waals surface area contributed by atoms with Gasteiger partial charge in [0.05, 0.1) is 38.2 Å². The lowest BCUT2D eigenvalue weighted by Gasteiger charge is -2.56. The fourth-order valence-electron chi connectivity index (χ4n) is 8.21. The number of methoxy groups -OCH3 is 1. The van der Waals surface area contributed by atoms with Crippen LogP contribution < -0.4 is 30.3 Å². The number of hydrogen-bond donors (Lipinski definition) is 3. The zero-order chi connectivity index (χ0) is 30.1. The van der Waals surface area contributed by atoms with Crippen LogP contribution in [-0.2, 0) is 9.53 Å². The van der Waals surface area contributed by atoms with Gasteiger partial charge in [0.1, 0.15) is 17.1 Å². The molecule has 4 heterocycles. The van der Waals surface area contributed by atoms with Crippen LogP contribution in [0.4, 0.5) is 5.69 Å². The second-order valence-corrected chi connectivity index (χ2v) is 13.2. The lowest BCUT2D eigenvalue weighted by Crippen LogP contribution is -2.74. The Kier molecular flexibility index (Phi) is 9.19. The molecule has 1 aliphatic carbocycles. The Morgan fingerprint density at radius 2 is 2.07 bits per heavy atom. The van der Waals surface area contributed by atoms with Crippen molar-refractivity contribution in [1.82, 2.24) is 30.7 Å². The molecule has 7 atom stereocenters. The summed E-state index contributed by atoms with van der Waals surface area (Å²) in [5.74, 6) is 2.17. The van der Waals surface area contributed by atoms with Crippen LogP contribution in [0.25, 0.3) is 0 Å². The summed E-state index contributed by atoms with van der Waals surface area (Å²) in [6.45, 7) is 9.47. The first-order valence-corrected chi connectivity index (χ1v) is 16.1. The smallest absolute Gasteiger partial charge is 0.246 e. The van der Waals surface area contributed by atoms with Gasteiger partial charge in [0.2, 0.25) is 5.91 Å². The van der Waals surface area contributed by atoms with E-state index in [0.29, 0.717) is 25.1 Å². The average molecular weight is 598 g/mol. The van der Waals surface area contributed by atoms with Gasteiger partial charge in [-0.1, -0.05) is 6.58 Å². The van der Waals surface area contributed by atoms with Crippen LogP contribution in [-0.4, -0.2) is 131 Å². The van der Waals surface area contributed by atoms with Crippen molar-refractivity contribution in [1.29, 1.82) is 0 Å². The number of piperazine rings is 1. The number of carbonyl (C=O) groups excluding carboxylic acids is 1. The summed E-state index contributed by atoms with van der Waals surface area (Å²) in [6, 6.07) is 6.87. The maximum atomic E-state index is 12.7. The van der Waals surface area contributed by atoms with Crippen LogP contribution in [0.3, 0.4) is 0 Å². The molecule has 1 saturated carbocycles. The predicted molar refractivity (Wildman–Crippen MR) is 167 cm³/mol. The van der Waals surface area contributed by atoms with Crippen molar-refractivity contribution in [2.75, 3.05) is 79.0 Å². The molecule has 1 aromatic carbocycles. The highest BCUT2D eigenvalue weighted by molar-refractivity contribution is 5.87. The molecule has 4 aliphatic heterocycles. The van der Waals surface area contributed by atoms with Crippen LogP contribution in [0.2, 0.25) is 0 Å². The van der Waals surface area contributed by atoms with Gasteiger partial charge in [0.15, 0.2) is 6.35 Å². The highest BCUT2D eigenvalue weighted by Crippen LogP contribution is 2.46. The second-order valence-electron chi connectivity index (χ2n) is 13.2. The first-order valence-electron chi connectivity index (χ1n) is 16.1. The molecule has 11 nitrogen and oxygen atoms in total. The van der Waals surface area contributed by atoms with Gasteiger partial charge >= 0.3 is 0 Å². The van der Waals surface area contributed by atoms with Crippen LogP contribution in [0, 0.1) is 5.92 Å². The molecule has 238 valence electrons. The van der Waals surface area contributed by atoms with Crippen molar-refractivity contribution in [3.63, 3.8) is 0 Å². The highest BCUT2D eigenvalue weighted by Gasteiger charge is 2.52. The quantitative estimate of drug-likeness (QED) is 0.381. The third kappa shape index (κ3) is 6.25. The normalized spacial score (nSPS) is 34.9. The van der Waals surface area contributed by atoms with Crippen molar-refractivity contribution in [3.8, 4) is 11.5 Å². The van der Waals surface area contributed by atoms with Crippen molar-refractivity contribution < 1.29 is 19.0 Å². The van der Waals surface area contributed by atoms with E-state index in [9.17, 15) is 4.79 Å². The molecule has 6 unspecified atom stereocenters. The summed E-state index contributed by atoms with van der Waals surface area (Å²) in [5.41, 5.74) is 0.805. The fourth-order valence-corrected chi connectivity index (χ4v) is 8.21. The van der Waals surface area contributed by atoms with E-state index in [2.05, 4.69) is 57.4 Å². The Bertz CT molecular complexity index is 1150. The fraction of sp³-hybridized carbons (Fsp3) is 0.719. The molecule has 5 aliphatic rings. The summed E-state index contributed by atoms with van der Waals surface area (Å²) in [7, 11) is 8.01. The van der Waals surface area contributed by atoms with Crippen molar-refractivity contribution in [3.05, 3.63) is 30.9 Å². The topological polar surface area (TPSA) is 93.8 Å². The minimum absolute atomic E-state index is 0.00835. The molecule has 1 spiro atoms. The molecule has 6 rings (SSSR count). The number of fused-ring (bicyclic) bond motifs is 2. The van der Waals surface area contributed by atoms with E-state index in [1.165, 1.54) is 18.9 Å². The van der Waals surface area contributed by atoms with Gasteiger partial charge in [-0.2, -0.15) is 0 Å². The minimum Gasteiger partial charge on any atom is -0.497 e. The Labute approximate surface area is 256 Å². The number of ether oxygens (including phenoxy) is 3. The largest absolute Gasteiger partial charge is 0.497 e. The molecule has 1 aromatic rings. The van der Waals surface area contributed by atoms with Gasteiger partial charge in [0.25, 0.3) is 0 Å². The summed E-state index contributed by atoms with van der Waals surface area (Å²) >= 11 is 0. The first kappa shape index (κ1) is 30.6. The Morgan fingerprint density at radius 3 is 2.81 bits per heavy atom. The monoisotopic (exact) mass is 597 g/mol. The summed E-state index contributed by atoms with van der Waals surface area (Å²) in [5, 5.41) is 11.1. The zero-order valence-electron chi connectivity index (χ0n) is 26.4. The van der Waals surface area contributed by atoms with E-state index in [-0.39, 0.29) is 36.1 Å². The van der Waals surface area contributed by atoms with Gasteiger partial charge in [-0.15, -0.1) is 0 Å². The predicted octanol–water partition coefficient (Wildman–Crippen LogP) is 1.26. The SMILES string of the molecule is C=CC(=O)N1CCN(C2NC(OCC3CCCN3C)NC3C[C@]4(CCC32)CN(C)c2cc(OC)ccc2O4)CC1CNC. The standard InChI is InChI=1S/C32H51N7O4/c1-6-29(40)39-15-14-38(19-23(39)18-33-2)30-25-11-12-32(21-37(4)27-16-24(41-5)9-10-28(27)43-32)17-26(25)34-31(35-30)42-20-22-8-7-13-36(22)3/h6,9-10,16,22-23,25-26,30-31,33-35H,1,7-8,11-15,17-21H2,2-5H3/t22?,23?,25?,26?,30?,31?,32-/m1/s1. The van der Waals surface area contributed by atoms with Gasteiger partial charge in [-0.25, -0.2) is 0 Å². The molecule has 11 heteroatoms. The van der Waals surface area contributed by atoms with Crippen LogP contribution in [0.15, 0.2) is 30.9 Å². The molecule has 4 fully saturated rings. The molecular weight excluding hydrogens is 546 g/mol. The number of benzene rings is 1. The number of amides is 1. The van der Waals surface area contributed by atoms with Gasteiger partial charge in [0, 0.05) is 63.7 Å². The van der Waals surface area contributed by atoms with E-state index in [0.717, 1.165) is 69.2 Å². The van der Waals surface area contributed by atoms with E-state index in [1.807, 2.05) is 24.1 Å². The molecule has 0 bridgehead atoms. The maximum absolute atomic E-state index is 12.7. The van der Waals surface area contributed by atoms with Gasteiger partial charge in [-0.05, 0) is 64.5 Å². The lowest BCUT2D eigenvalue weighted by molar-refractivity contribution is -0.139. The number of nitrogens with one attached hydrogen (secondary N) is 3. The van der Waals surface area contributed by atoms with E-state index >= 15 is 0 Å². The minimum atomic E-state index is -0.271. The zero-order valence-corrected chi connectivity index (χ0v) is 26.4. The number of likely N-dealkylation sites (N-methyl/N-ethyl adjacent to an activating group) is 3. The Balaban J connectivity index is 1.21. The number of rotatable bonds is 8. The molecular formula is C32H51N7O4. The molecule has 3 N–H and O–H groups in total. The number of likely N-dealkylation sites (tertiary alicyclic amines) is 1. The summed E-state index contributed by atoms with van der Waals surface area (Å²) < 4.78 is 18.9. The van der Waals surface area contributed by atoms with Gasteiger partial charge < -0.3 is 34.2 Å². The van der Waals surface area contributed by atoms with Crippen molar-refractivity contribution >= 4 is 11.6 Å². The number of anilines is 1. The molecule has 43 heavy (non-hydrogen) atoms. The molecule has 3 saturated heterocycles. The third-order valence-electron chi connectivity index (χ3n) is 10.5. The third-order valence-corrected chi connectivity index (χ3v) is 10.5. The van der Waals surface area contributed by atoms with E-state index in [4.69, 9.17) is 14.2 Å². The number of hydrogen-bond acceptors (Lipinski definition) is 10. The van der Waals surface area contributed by atoms with E-state index < -0.39 is 0 Å². The Morgan fingerprint density at radius 1 is 1.21 bits per heavy atom. The molecule has 0 radical (unpaired) electrons. The van der Waals surface area contributed by atoms with Gasteiger partial charge in [-0.3, -0.25) is 20.3 Å². The first-order chi connectivity index (χ1) is 20.8. The lowest BCUT2D eigenvalue weighted by atomic mass is 9.72. The highest BCUT2D eigenvalue weighted by atomic mass is 16.5. The van der Waals surface area contributed by atoms with E-state index in [1.54, 1.807) is 7.11 Å². The maximum Gasteiger partial charge on any atom is 0.246 e. The summed E-state index contributed by atoms with van der Waals surface area (Å²) in [6.07, 6.45) is 6.67. The summed E-state index contributed by atoms with van der Waals surface area (Å²) in [4.78, 5) is 21.9. The van der Waals surface area contributed by atoms with Crippen LogP contribution >= 0.6 is 0 Å². The Hall–Kier alpha value is -2.41. The molecule has 0 aromatic heterocycles. The van der Waals surface area contributed by atoms with Crippen molar-refractivity contribution in [2.45, 2.75) is 68.3 Å². The average Bonchev–Trinajstić information content (AvgIpc) is 3.43. The van der Waals surface area contributed by atoms with Crippen LogP contribution in [0.1, 0.15) is 32.1 Å². The van der Waals surface area contributed by atoms with Crippen molar-refractivity contribution in [2.24, 2.45) is 5.92 Å². The van der Waals surface area contributed by atoms with Crippen LogP contribution in [0.5, 0.6) is 11.5 Å². The molecule has 1 amide bonds. The number of carbonyl (C=O) groups is 1. The number of nitrogens with zero attached hydrogens (tertiary/aromatic N) is 4.